The van der Waals surface area contributed by atoms with Gasteiger partial charge >= 0.3 is 0 Å². The molecule has 0 saturated carbocycles. The molecule has 0 saturated heterocycles. The number of amides is 1. The number of hydrogen-bond acceptors (Lipinski definition) is 6. The molecule has 0 fully saturated rings. The summed E-state index contributed by atoms with van der Waals surface area (Å²) in [6, 6.07) is 2.08. The number of carbonyl (C=O) groups excluding carboxylic acids is 1. The Morgan fingerprint density at radius 2 is 2.18 bits per heavy atom. The Morgan fingerprint density at radius 3 is 2.71 bits per heavy atom. The number of rotatable bonds is 3. The van der Waals surface area contributed by atoms with Gasteiger partial charge < -0.3 is 11.1 Å². The maximum Gasteiger partial charge on any atom is 0.282 e. The lowest BCUT2D eigenvalue weighted by molar-refractivity contribution is 0.0950. The fourth-order valence-corrected chi connectivity index (χ4v) is 2.83. The van der Waals surface area contributed by atoms with Gasteiger partial charge in [0.1, 0.15) is 0 Å². The number of nitrogen functional groups attached to an aromatic ring is 1. The molecule has 0 aliphatic carbocycles. The van der Waals surface area contributed by atoms with Crippen molar-refractivity contribution in [2.45, 2.75) is 20.4 Å². The van der Waals surface area contributed by atoms with Crippen molar-refractivity contribution in [1.82, 2.24) is 15.5 Å². The van der Waals surface area contributed by atoms with Crippen LogP contribution in [0.1, 0.15) is 25.1 Å². The van der Waals surface area contributed by atoms with Gasteiger partial charge in [-0.25, -0.2) is 0 Å². The third-order valence-electron chi connectivity index (χ3n) is 2.28. The first kappa shape index (κ1) is 12.0. The molecule has 7 heteroatoms. The first-order valence-electron chi connectivity index (χ1n) is 4.99. The maximum atomic E-state index is 11.7. The summed E-state index contributed by atoms with van der Waals surface area (Å²) in [7, 11) is 0. The third kappa shape index (κ3) is 2.80. The summed E-state index contributed by atoms with van der Waals surface area (Å²) < 4.78 is 0. The van der Waals surface area contributed by atoms with Crippen LogP contribution in [0.5, 0.6) is 0 Å². The molecule has 0 radical (unpaired) electrons. The molecule has 1 amide bonds. The highest BCUT2D eigenvalue weighted by molar-refractivity contribution is 7.16. The summed E-state index contributed by atoms with van der Waals surface area (Å²) in [6.45, 7) is 4.64. The zero-order valence-corrected chi connectivity index (χ0v) is 11.1. The molecule has 0 aliphatic rings. The number of carbonyl (C=O) groups is 1. The molecule has 2 heterocycles. The van der Waals surface area contributed by atoms with E-state index in [1.807, 2.05) is 0 Å². The van der Waals surface area contributed by atoms with E-state index in [0.29, 0.717) is 16.7 Å². The Bertz CT molecular complexity index is 527. The van der Waals surface area contributed by atoms with Crippen molar-refractivity contribution in [3.05, 3.63) is 26.4 Å². The minimum absolute atomic E-state index is 0.233. The highest BCUT2D eigenvalue weighted by atomic mass is 32.1. The fraction of sp³-hybridized carbons (Fsp3) is 0.300. The number of nitrogens with two attached hydrogens (primary N) is 1. The number of thiophene rings is 1. The molecule has 90 valence electrons. The number of aryl methyl sites for hydroxylation is 2. The van der Waals surface area contributed by atoms with Crippen molar-refractivity contribution in [1.29, 1.82) is 0 Å². The van der Waals surface area contributed by atoms with Gasteiger partial charge in [0.2, 0.25) is 10.1 Å². The lowest BCUT2D eigenvalue weighted by atomic mass is 10.3. The van der Waals surface area contributed by atoms with Crippen molar-refractivity contribution in [2.24, 2.45) is 0 Å². The van der Waals surface area contributed by atoms with E-state index < -0.39 is 0 Å². The van der Waals surface area contributed by atoms with Crippen molar-refractivity contribution in [3.63, 3.8) is 0 Å². The topological polar surface area (TPSA) is 80.9 Å². The normalized spacial score (nSPS) is 10.5. The first-order chi connectivity index (χ1) is 8.06. The van der Waals surface area contributed by atoms with Crippen LogP contribution in [0.3, 0.4) is 0 Å². The van der Waals surface area contributed by atoms with Gasteiger partial charge in [0, 0.05) is 9.75 Å². The Kier molecular flexibility index (Phi) is 3.39. The van der Waals surface area contributed by atoms with E-state index in [9.17, 15) is 4.79 Å². The van der Waals surface area contributed by atoms with Crippen LogP contribution in [-0.4, -0.2) is 16.1 Å². The van der Waals surface area contributed by atoms with Gasteiger partial charge in [-0.1, -0.05) is 11.3 Å². The van der Waals surface area contributed by atoms with Gasteiger partial charge in [-0.15, -0.1) is 21.5 Å². The zero-order valence-electron chi connectivity index (χ0n) is 9.48. The molecule has 2 rings (SSSR count). The predicted octanol–water partition coefficient (Wildman–Crippen LogP) is 1.73. The van der Waals surface area contributed by atoms with E-state index in [2.05, 4.69) is 35.4 Å². The van der Waals surface area contributed by atoms with Crippen LogP contribution in [0, 0.1) is 13.8 Å². The number of nitrogens with zero attached hydrogens (tertiary/aromatic N) is 2. The highest BCUT2D eigenvalue weighted by Gasteiger charge is 2.11. The van der Waals surface area contributed by atoms with Crippen LogP contribution >= 0.6 is 22.7 Å². The van der Waals surface area contributed by atoms with Crippen molar-refractivity contribution >= 4 is 33.7 Å². The monoisotopic (exact) mass is 268 g/mol. The Morgan fingerprint density at radius 1 is 1.41 bits per heavy atom. The van der Waals surface area contributed by atoms with E-state index in [1.165, 1.54) is 10.4 Å². The second kappa shape index (κ2) is 4.80. The summed E-state index contributed by atoms with van der Waals surface area (Å²) in [5.41, 5.74) is 6.66. The molecule has 2 aromatic heterocycles. The number of aromatic nitrogens is 2. The minimum Gasteiger partial charge on any atom is -0.374 e. The van der Waals surface area contributed by atoms with Crippen molar-refractivity contribution in [3.8, 4) is 0 Å². The smallest absolute Gasteiger partial charge is 0.282 e. The van der Waals surface area contributed by atoms with Crippen LogP contribution in [0.2, 0.25) is 0 Å². The Balaban J connectivity index is 1.96. The van der Waals surface area contributed by atoms with E-state index in [-0.39, 0.29) is 5.91 Å². The molecule has 0 spiro atoms. The molecule has 0 atom stereocenters. The van der Waals surface area contributed by atoms with Crippen LogP contribution < -0.4 is 11.1 Å². The zero-order chi connectivity index (χ0) is 12.4. The average molecular weight is 268 g/mol. The van der Waals surface area contributed by atoms with Gasteiger partial charge in [0.05, 0.1) is 6.54 Å². The third-order valence-corrected chi connectivity index (χ3v) is 4.18. The predicted molar refractivity (Wildman–Crippen MR) is 69.3 cm³/mol. The van der Waals surface area contributed by atoms with Crippen LogP contribution in [0.15, 0.2) is 6.07 Å². The lowest BCUT2D eigenvalue weighted by Crippen LogP contribution is -2.22. The Hall–Kier alpha value is -1.47. The summed E-state index contributed by atoms with van der Waals surface area (Å²) in [5, 5.41) is 10.7. The van der Waals surface area contributed by atoms with Gasteiger partial charge in [0.15, 0.2) is 0 Å². The average Bonchev–Trinajstić information content (AvgIpc) is 2.83. The van der Waals surface area contributed by atoms with Crippen LogP contribution in [0.4, 0.5) is 5.13 Å². The number of nitrogens with one attached hydrogen (secondary N) is 1. The van der Waals surface area contributed by atoms with E-state index in [1.54, 1.807) is 11.3 Å². The van der Waals surface area contributed by atoms with E-state index in [0.717, 1.165) is 16.2 Å². The summed E-state index contributed by atoms with van der Waals surface area (Å²) >= 11 is 2.77. The molecule has 3 N–H and O–H groups in total. The standard InChI is InChI=1S/C10H12N4OS2/c1-5-3-7(16-6(5)2)4-12-8(15)9-13-14-10(11)17-9/h3H,4H2,1-2H3,(H2,11,14)(H,12,15). The van der Waals surface area contributed by atoms with Crippen LogP contribution in [-0.2, 0) is 6.54 Å². The van der Waals surface area contributed by atoms with Gasteiger partial charge in [-0.3, -0.25) is 4.79 Å². The van der Waals surface area contributed by atoms with Gasteiger partial charge in [0.25, 0.3) is 5.91 Å². The summed E-state index contributed by atoms with van der Waals surface area (Å²) in [5.74, 6) is -0.233. The molecule has 2 aromatic rings. The lowest BCUT2D eigenvalue weighted by Gasteiger charge is -1.99. The SMILES string of the molecule is Cc1cc(CNC(=O)c2nnc(N)s2)sc1C. The van der Waals surface area contributed by atoms with E-state index in [4.69, 9.17) is 5.73 Å². The largest absolute Gasteiger partial charge is 0.374 e. The molecule has 17 heavy (non-hydrogen) atoms. The number of anilines is 1. The molecule has 0 bridgehead atoms. The summed E-state index contributed by atoms with van der Waals surface area (Å²) in [4.78, 5) is 14.1. The first-order valence-corrected chi connectivity index (χ1v) is 6.62. The van der Waals surface area contributed by atoms with Crippen molar-refractivity contribution < 1.29 is 4.79 Å². The highest BCUT2D eigenvalue weighted by Crippen LogP contribution is 2.20. The second-order valence-electron chi connectivity index (χ2n) is 3.58. The minimum atomic E-state index is -0.233. The quantitative estimate of drug-likeness (QED) is 0.888. The van der Waals surface area contributed by atoms with Gasteiger partial charge in [-0.05, 0) is 25.5 Å². The molecular formula is C10H12N4OS2. The number of hydrogen-bond donors (Lipinski definition) is 2. The molecule has 0 unspecified atom stereocenters. The summed E-state index contributed by atoms with van der Waals surface area (Å²) in [6.07, 6.45) is 0. The Labute approximate surface area is 107 Å². The maximum absolute atomic E-state index is 11.7. The molecule has 0 aliphatic heterocycles. The van der Waals surface area contributed by atoms with E-state index >= 15 is 0 Å². The fourth-order valence-electron chi connectivity index (χ4n) is 1.31. The van der Waals surface area contributed by atoms with Gasteiger partial charge in [-0.2, -0.15) is 0 Å². The van der Waals surface area contributed by atoms with Crippen LogP contribution in [0.25, 0.3) is 0 Å². The van der Waals surface area contributed by atoms with Crippen molar-refractivity contribution in [2.75, 3.05) is 5.73 Å². The molecular weight excluding hydrogens is 256 g/mol. The molecule has 0 aromatic carbocycles. The molecule has 5 nitrogen and oxygen atoms in total. The second-order valence-corrected chi connectivity index (χ2v) is 5.93.